The fourth-order valence-electron chi connectivity index (χ4n) is 4.28. The lowest BCUT2D eigenvalue weighted by Crippen LogP contribution is -2.38. The number of carbonyl (C=O) groups is 2. The van der Waals surface area contributed by atoms with Gasteiger partial charge in [0.1, 0.15) is 5.75 Å². The van der Waals surface area contributed by atoms with E-state index in [-0.39, 0.29) is 12.4 Å². The standard InChI is InChI=1S/C22H23NO4/c1-12-10-13(2)19-20(14(12)3)26-21(25)22(19)17(11-18(24)27-22)15-6-8-16(9-7-15)23(4)5/h6-10,17H,11H2,1-5H3/t17-,22+/m0/s1. The van der Waals surface area contributed by atoms with Crippen LogP contribution in [0.15, 0.2) is 30.3 Å². The van der Waals surface area contributed by atoms with Gasteiger partial charge in [0.2, 0.25) is 5.60 Å². The molecule has 1 fully saturated rings. The molecule has 0 bridgehead atoms. The molecule has 2 aliphatic rings. The number of hydrogen-bond donors (Lipinski definition) is 0. The highest BCUT2D eigenvalue weighted by atomic mass is 16.6. The van der Waals surface area contributed by atoms with E-state index in [0.29, 0.717) is 11.3 Å². The zero-order valence-corrected chi connectivity index (χ0v) is 16.3. The Balaban J connectivity index is 1.90. The summed E-state index contributed by atoms with van der Waals surface area (Å²) in [7, 11) is 3.94. The van der Waals surface area contributed by atoms with Crippen LogP contribution in [-0.2, 0) is 19.9 Å². The van der Waals surface area contributed by atoms with Gasteiger partial charge in [0.25, 0.3) is 0 Å². The van der Waals surface area contributed by atoms with Crippen LogP contribution < -0.4 is 9.64 Å². The van der Waals surface area contributed by atoms with E-state index >= 15 is 0 Å². The minimum absolute atomic E-state index is 0.155. The van der Waals surface area contributed by atoms with Crippen molar-refractivity contribution in [3.05, 3.63) is 58.1 Å². The molecule has 2 aromatic carbocycles. The molecule has 5 nitrogen and oxygen atoms in total. The Labute approximate surface area is 158 Å². The first-order chi connectivity index (χ1) is 12.8. The van der Waals surface area contributed by atoms with Crippen LogP contribution in [0.5, 0.6) is 5.75 Å². The Hall–Kier alpha value is -2.82. The summed E-state index contributed by atoms with van der Waals surface area (Å²) in [5, 5.41) is 0. The second-order valence-electron chi connectivity index (χ2n) is 7.68. The van der Waals surface area contributed by atoms with Crippen molar-refractivity contribution in [2.24, 2.45) is 0 Å². The van der Waals surface area contributed by atoms with Gasteiger partial charge >= 0.3 is 11.9 Å². The van der Waals surface area contributed by atoms with Gasteiger partial charge in [-0.1, -0.05) is 18.2 Å². The monoisotopic (exact) mass is 365 g/mol. The highest BCUT2D eigenvalue weighted by molar-refractivity contribution is 5.96. The van der Waals surface area contributed by atoms with Crippen LogP contribution >= 0.6 is 0 Å². The van der Waals surface area contributed by atoms with Gasteiger partial charge in [-0.3, -0.25) is 4.79 Å². The SMILES string of the molecule is Cc1cc(C)c2c(c1C)OC(=O)[C@]21OC(=O)C[C@H]1c1ccc(N(C)C)cc1. The number of ether oxygens (including phenoxy) is 2. The van der Waals surface area contributed by atoms with E-state index < -0.39 is 17.5 Å². The zero-order chi connectivity index (χ0) is 19.5. The van der Waals surface area contributed by atoms with Gasteiger partial charge in [0.05, 0.1) is 12.0 Å². The average Bonchev–Trinajstić information content (AvgIpc) is 3.11. The second-order valence-corrected chi connectivity index (χ2v) is 7.68. The van der Waals surface area contributed by atoms with Crippen LogP contribution in [0.25, 0.3) is 0 Å². The summed E-state index contributed by atoms with van der Waals surface area (Å²) in [6, 6.07) is 9.92. The number of benzene rings is 2. The number of nitrogens with zero attached hydrogens (tertiary/aromatic N) is 1. The number of rotatable bonds is 2. The van der Waals surface area contributed by atoms with Crippen molar-refractivity contribution in [2.45, 2.75) is 38.7 Å². The van der Waals surface area contributed by atoms with Crippen molar-refractivity contribution in [1.29, 1.82) is 0 Å². The average molecular weight is 365 g/mol. The minimum atomic E-state index is -1.39. The summed E-state index contributed by atoms with van der Waals surface area (Å²) in [5.74, 6) is -0.737. The van der Waals surface area contributed by atoms with E-state index in [1.165, 1.54) is 0 Å². The molecule has 2 aliphatic heterocycles. The summed E-state index contributed by atoms with van der Waals surface area (Å²) < 4.78 is 11.4. The van der Waals surface area contributed by atoms with Crippen LogP contribution in [0, 0.1) is 20.8 Å². The molecular formula is C22H23NO4. The quantitative estimate of drug-likeness (QED) is 0.602. The Morgan fingerprint density at radius 2 is 1.70 bits per heavy atom. The van der Waals surface area contributed by atoms with Crippen molar-refractivity contribution in [2.75, 3.05) is 19.0 Å². The largest absolute Gasteiger partial charge is 0.441 e. The Kier molecular flexibility index (Phi) is 3.81. The summed E-state index contributed by atoms with van der Waals surface area (Å²) in [5.41, 5.74) is 4.11. The van der Waals surface area contributed by atoms with Crippen LogP contribution in [-0.4, -0.2) is 26.0 Å². The number of fused-ring (bicyclic) bond motifs is 2. The Bertz CT molecular complexity index is 961. The lowest BCUT2D eigenvalue weighted by atomic mass is 9.76. The van der Waals surface area contributed by atoms with Gasteiger partial charge in [-0.2, -0.15) is 0 Å². The molecule has 0 amide bonds. The van der Waals surface area contributed by atoms with Crippen molar-refractivity contribution in [1.82, 2.24) is 0 Å². The summed E-state index contributed by atoms with van der Waals surface area (Å²) >= 11 is 0. The third-order valence-corrected chi connectivity index (χ3v) is 5.80. The molecule has 5 heteroatoms. The number of esters is 2. The van der Waals surface area contributed by atoms with Gasteiger partial charge in [-0.05, 0) is 55.2 Å². The molecule has 27 heavy (non-hydrogen) atoms. The predicted octanol–water partition coefficient (Wildman–Crippen LogP) is 3.52. The fourth-order valence-corrected chi connectivity index (χ4v) is 4.28. The lowest BCUT2D eigenvalue weighted by molar-refractivity contribution is -0.166. The molecule has 1 spiro atoms. The molecule has 2 aromatic rings. The van der Waals surface area contributed by atoms with Gasteiger partial charge in [-0.25, -0.2) is 4.79 Å². The van der Waals surface area contributed by atoms with Crippen molar-refractivity contribution in [3.8, 4) is 5.75 Å². The number of aryl methyl sites for hydroxylation is 2. The molecule has 0 unspecified atom stereocenters. The number of anilines is 1. The van der Waals surface area contributed by atoms with Gasteiger partial charge < -0.3 is 14.4 Å². The Morgan fingerprint density at radius 3 is 2.33 bits per heavy atom. The molecular weight excluding hydrogens is 342 g/mol. The maximum atomic E-state index is 13.1. The highest BCUT2D eigenvalue weighted by Gasteiger charge is 2.63. The fraction of sp³-hybridized carbons (Fsp3) is 0.364. The van der Waals surface area contributed by atoms with E-state index in [9.17, 15) is 9.59 Å². The number of hydrogen-bond acceptors (Lipinski definition) is 5. The molecule has 0 aliphatic carbocycles. The predicted molar refractivity (Wildman–Crippen MR) is 102 cm³/mol. The minimum Gasteiger partial charge on any atom is -0.441 e. The third-order valence-electron chi connectivity index (χ3n) is 5.80. The lowest BCUT2D eigenvalue weighted by Gasteiger charge is -2.28. The second kappa shape index (κ2) is 5.84. The zero-order valence-electron chi connectivity index (χ0n) is 16.3. The third kappa shape index (κ3) is 2.37. The first kappa shape index (κ1) is 17.6. The van der Waals surface area contributed by atoms with Crippen molar-refractivity contribution in [3.63, 3.8) is 0 Å². The van der Waals surface area contributed by atoms with Crippen molar-refractivity contribution >= 4 is 17.6 Å². The topological polar surface area (TPSA) is 55.8 Å². The molecule has 0 radical (unpaired) electrons. The number of carbonyl (C=O) groups excluding carboxylic acids is 2. The summed E-state index contributed by atoms with van der Waals surface area (Å²) in [6.45, 7) is 5.85. The van der Waals surface area contributed by atoms with E-state index in [1.807, 2.05) is 70.1 Å². The van der Waals surface area contributed by atoms with Crippen LogP contribution in [0.4, 0.5) is 5.69 Å². The van der Waals surface area contributed by atoms with E-state index in [4.69, 9.17) is 9.47 Å². The van der Waals surface area contributed by atoms with Crippen LogP contribution in [0.2, 0.25) is 0 Å². The molecule has 140 valence electrons. The molecule has 2 heterocycles. The molecule has 4 rings (SSSR count). The molecule has 0 aromatic heterocycles. The van der Waals surface area contributed by atoms with E-state index in [0.717, 1.165) is 27.9 Å². The van der Waals surface area contributed by atoms with Gasteiger partial charge in [0, 0.05) is 25.7 Å². The maximum Gasteiger partial charge on any atom is 0.361 e. The summed E-state index contributed by atoms with van der Waals surface area (Å²) in [4.78, 5) is 27.4. The first-order valence-corrected chi connectivity index (χ1v) is 9.08. The Morgan fingerprint density at radius 1 is 1.04 bits per heavy atom. The van der Waals surface area contributed by atoms with Crippen LogP contribution in [0.1, 0.15) is 40.2 Å². The van der Waals surface area contributed by atoms with Crippen molar-refractivity contribution < 1.29 is 19.1 Å². The van der Waals surface area contributed by atoms with E-state index in [1.54, 1.807) is 0 Å². The highest BCUT2D eigenvalue weighted by Crippen LogP contribution is 2.56. The smallest absolute Gasteiger partial charge is 0.361 e. The van der Waals surface area contributed by atoms with Gasteiger partial charge in [-0.15, -0.1) is 0 Å². The van der Waals surface area contributed by atoms with Crippen LogP contribution in [0.3, 0.4) is 0 Å². The maximum absolute atomic E-state index is 13.1. The molecule has 0 N–H and O–H groups in total. The van der Waals surface area contributed by atoms with E-state index in [2.05, 4.69) is 0 Å². The first-order valence-electron chi connectivity index (χ1n) is 9.08. The molecule has 2 atom stereocenters. The molecule has 0 saturated carbocycles. The summed E-state index contributed by atoms with van der Waals surface area (Å²) in [6.07, 6.45) is 0.155. The normalized spacial score (nSPS) is 23.4. The molecule has 1 saturated heterocycles. The van der Waals surface area contributed by atoms with Gasteiger partial charge in [0.15, 0.2) is 0 Å².